The fourth-order valence-electron chi connectivity index (χ4n) is 2.72. The third kappa shape index (κ3) is 2.74. The lowest BCUT2D eigenvalue weighted by Crippen LogP contribution is -2.21. The Balaban J connectivity index is 1.82. The molecule has 0 saturated carbocycles. The maximum atomic E-state index is 14.0. The van der Waals surface area contributed by atoms with Gasteiger partial charge < -0.3 is 11.1 Å². The first-order valence-electron chi connectivity index (χ1n) is 6.67. The number of benzene rings is 2. The maximum Gasteiger partial charge on any atom is 0.150 e. The highest BCUT2D eigenvalue weighted by Crippen LogP contribution is 2.27. The Morgan fingerprint density at radius 2 is 1.62 bits per heavy atom. The van der Waals surface area contributed by atoms with Gasteiger partial charge in [0.1, 0.15) is 22.3 Å². The molecule has 0 spiro atoms. The third-order valence-corrected chi connectivity index (χ3v) is 3.96. The molecule has 0 aliphatic heterocycles. The molecule has 5 heteroatoms. The van der Waals surface area contributed by atoms with E-state index >= 15 is 0 Å². The predicted molar refractivity (Wildman–Crippen MR) is 83.5 cm³/mol. The molecule has 3 rings (SSSR count). The molecule has 21 heavy (non-hydrogen) atoms. The second-order valence-electron chi connectivity index (χ2n) is 5.20. The van der Waals surface area contributed by atoms with Gasteiger partial charge in [0.25, 0.3) is 0 Å². The minimum absolute atomic E-state index is 0.0120. The summed E-state index contributed by atoms with van der Waals surface area (Å²) in [6, 6.07) is 10.3. The molecule has 0 heterocycles. The first-order valence-corrected chi connectivity index (χ1v) is 7.07. The van der Waals surface area contributed by atoms with Gasteiger partial charge in [0.2, 0.25) is 0 Å². The van der Waals surface area contributed by atoms with Crippen LogP contribution >= 0.6 is 12.2 Å². The third-order valence-electron chi connectivity index (χ3n) is 3.73. The van der Waals surface area contributed by atoms with Gasteiger partial charge in [-0.05, 0) is 36.1 Å². The summed E-state index contributed by atoms with van der Waals surface area (Å²) in [6.45, 7) is 0. The first-order chi connectivity index (χ1) is 10.0. The van der Waals surface area contributed by atoms with E-state index in [1.54, 1.807) is 0 Å². The Labute approximate surface area is 127 Å². The molecular weight excluding hydrogens is 290 g/mol. The van der Waals surface area contributed by atoms with Crippen molar-refractivity contribution >= 4 is 22.9 Å². The Morgan fingerprint density at radius 3 is 2.10 bits per heavy atom. The highest BCUT2D eigenvalue weighted by atomic mass is 32.1. The molecule has 0 saturated heterocycles. The summed E-state index contributed by atoms with van der Waals surface area (Å²) in [7, 11) is 0. The van der Waals surface area contributed by atoms with Gasteiger partial charge in [-0.2, -0.15) is 0 Å². The van der Waals surface area contributed by atoms with Gasteiger partial charge >= 0.3 is 0 Å². The number of thiocarbonyl (C=S) groups is 1. The molecule has 108 valence electrons. The van der Waals surface area contributed by atoms with E-state index < -0.39 is 11.6 Å². The van der Waals surface area contributed by atoms with E-state index in [9.17, 15) is 8.78 Å². The molecule has 3 N–H and O–H groups in total. The minimum atomic E-state index is -0.672. The van der Waals surface area contributed by atoms with Crippen LogP contribution in [0, 0.1) is 11.6 Å². The molecule has 0 unspecified atom stereocenters. The van der Waals surface area contributed by atoms with Crippen LogP contribution in [0.2, 0.25) is 0 Å². The van der Waals surface area contributed by atoms with Crippen molar-refractivity contribution in [1.29, 1.82) is 0 Å². The van der Waals surface area contributed by atoms with Crippen LogP contribution in [0.4, 0.5) is 14.5 Å². The van der Waals surface area contributed by atoms with Crippen molar-refractivity contribution in [3.8, 4) is 0 Å². The van der Waals surface area contributed by atoms with Crippen LogP contribution in [0.5, 0.6) is 0 Å². The van der Waals surface area contributed by atoms with Gasteiger partial charge in [-0.15, -0.1) is 0 Å². The fourth-order valence-corrected chi connectivity index (χ4v) is 2.84. The van der Waals surface area contributed by atoms with Crippen LogP contribution in [-0.2, 0) is 12.8 Å². The van der Waals surface area contributed by atoms with Gasteiger partial charge in [-0.25, -0.2) is 8.78 Å². The van der Waals surface area contributed by atoms with E-state index in [4.69, 9.17) is 18.0 Å². The summed E-state index contributed by atoms with van der Waals surface area (Å²) in [5.41, 5.74) is 7.91. The summed E-state index contributed by atoms with van der Waals surface area (Å²) in [5.74, 6) is -1.34. The molecular formula is C16H14F2N2S. The largest absolute Gasteiger partial charge is 0.389 e. The number of hydrogen-bond acceptors (Lipinski definition) is 2. The zero-order chi connectivity index (χ0) is 15.0. The summed E-state index contributed by atoms with van der Waals surface area (Å²) in [5, 5.41) is 2.96. The van der Waals surface area contributed by atoms with Crippen LogP contribution < -0.4 is 11.1 Å². The number of halogens is 2. The molecule has 2 nitrogen and oxygen atoms in total. The Kier molecular flexibility index (Phi) is 3.59. The normalized spacial score (nSPS) is 14.0. The molecule has 2 aromatic carbocycles. The van der Waals surface area contributed by atoms with E-state index in [1.807, 2.05) is 24.3 Å². The molecule has 0 fully saturated rings. The average Bonchev–Trinajstić information content (AvgIpc) is 2.85. The Hall–Kier alpha value is -2.01. The topological polar surface area (TPSA) is 38.0 Å². The molecule has 2 aromatic rings. The predicted octanol–water partition coefficient (Wildman–Crippen LogP) is 3.18. The molecule has 0 radical (unpaired) electrons. The van der Waals surface area contributed by atoms with Gasteiger partial charge in [-0.1, -0.05) is 36.5 Å². The number of rotatable bonds is 3. The second kappa shape index (κ2) is 5.41. The molecule has 0 amide bonds. The summed E-state index contributed by atoms with van der Waals surface area (Å²) in [6.07, 6.45) is 1.51. The highest BCUT2D eigenvalue weighted by molar-refractivity contribution is 7.80. The van der Waals surface area contributed by atoms with Crippen LogP contribution in [0.1, 0.15) is 16.7 Å². The van der Waals surface area contributed by atoms with Crippen molar-refractivity contribution in [1.82, 2.24) is 0 Å². The van der Waals surface area contributed by atoms with Crippen molar-refractivity contribution in [3.05, 3.63) is 64.7 Å². The van der Waals surface area contributed by atoms with Crippen molar-refractivity contribution in [2.45, 2.75) is 18.9 Å². The van der Waals surface area contributed by atoms with Gasteiger partial charge in [0.15, 0.2) is 0 Å². The zero-order valence-electron chi connectivity index (χ0n) is 11.2. The Morgan fingerprint density at radius 1 is 1.10 bits per heavy atom. The molecule has 1 aliphatic rings. The Bertz CT molecular complexity index is 667. The summed E-state index contributed by atoms with van der Waals surface area (Å²) >= 11 is 4.74. The van der Waals surface area contributed by atoms with Gasteiger partial charge in [-0.3, -0.25) is 0 Å². The number of nitrogens with one attached hydrogen (secondary N) is 1. The van der Waals surface area contributed by atoms with E-state index in [0.29, 0.717) is 0 Å². The van der Waals surface area contributed by atoms with Gasteiger partial charge in [0, 0.05) is 11.6 Å². The van der Waals surface area contributed by atoms with Crippen molar-refractivity contribution < 1.29 is 8.78 Å². The minimum Gasteiger partial charge on any atom is -0.389 e. The van der Waals surface area contributed by atoms with Crippen LogP contribution in [0.3, 0.4) is 0 Å². The van der Waals surface area contributed by atoms with Crippen molar-refractivity contribution in [3.63, 3.8) is 0 Å². The average molecular weight is 304 g/mol. The smallest absolute Gasteiger partial charge is 0.150 e. The van der Waals surface area contributed by atoms with Crippen molar-refractivity contribution in [2.75, 3.05) is 5.32 Å². The highest BCUT2D eigenvalue weighted by Gasteiger charge is 2.23. The molecule has 0 atom stereocenters. The monoisotopic (exact) mass is 304 g/mol. The van der Waals surface area contributed by atoms with Crippen LogP contribution in [0.15, 0.2) is 36.4 Å². The number of anilines is 1. The quantitative estimate of drug-likeness (QED) is 0.855. The molecule has 0 bridgehead atoms. The van der Waals surface area contributed by atoms with E-state index in [1.165, 1.54) is 11.1 Å². The summed E-state index contributed by atoms with van der Waals surface area (Å²) in [4.78, 5) is -0.0207. The van der Waals surface area contributed by atoms with Crippen LogP contribution in [-0.4, -0.2) is 11.0 Å². The molecule has 1 aliphatic carbocycles. The lowest BCUT2D eigenvalue weighted by atomic mass is 10.1. The standard InChI is InChI=1S/C16H14F2N2S/c17-13-7-11(16(19)21)8-14(18)15(13)20-12-5-9-3-1-2-4-10(9)6-12/h1-4,7-8,12,20H,5-6H2,(H2,19,21). The maximum absolute atomic E-state index is 14.0. The van der Waals surface area contributed by atoms with E-state index in [-0.39, 0.29) is 22.3 Å². The van der Waals surface area contributed by atoms with E-state index in [0.717, 1.165) is 25.0 Å². The fraction of sp³-hybridized carbons (Fsp3) is 0.188. The zero-order valence-corrected chi connectivity index (χ0v) is 12.0. The van der Waals surface area contributed by atoms with Crippen molar-refractivity contribution in [2.24, 2.45) is 5.73 Å². The lowest BCUT2D eigenvalue weighted by molar-refractivity contribution is 0.581. The SMILES string of the molecule is NC(=S)c1cc(F)c(NC2Cc3ccccc3C2)c(F)c1. The number of fused-ring (bicyclic) bond motifs is 1. The van der Waals surface area contributed by atoms with E-state index in [2.05, 4.69) is 5.32 Å². The van der Waals surface area contributed by atoms with Crippen LogP contribution in [0.25, 0.3) is 0 Å². The lowest BCUT2D eigenvalue weighted by Gasteiger charge is -2.16. The number of hydrogen-bond donors (Lipinski definition) is 2. The number of nitrogens with two attached hydrogens (primary N) is 1. The first kappa shape index (κ1) is 13.9. The van der Waals surface area contributed by atoms with Gasteiger partial charge in [0.05, 0.1) is 0 Å². The summed E-state index contributed by atoms with van der Waals surface area (Å²) < 4.78 is 28.1. The second-order valence-corrected chi connectivity index (χ2v) is 5.64. The molecule has 0 aromatic heterocycles.